The molecule has 2 aliphatic heterocycles. The molecule has 0 aromatic heterocycles. The van der Waals surface area contributed by atoms with Gasteiger partial charge in [-0.3, -0.25) is 9.80 Å². The van der Waals surface area contributed by atoms with Gasteiger partial charge in [0, 0.05) is 42.8 Å². The number of anilines is 2. The lowest BCUT2D eigenvalue weighted by Gasteiger charge is -2.59. The van der Waals surface area contributed by atoms with Crippen molar-refractivity contribution in [3.05, 3.63) is 59.7 Å². The zero-order valence-electron chi connectivity index (χ0n) is 17.3. The van der Waals surface area contributed by atoms with Gasteiger partial charge < -0.3 is 10.4 Å². The van der Waals surface area contributed by atoms with Crippen molar-refractivity contribution in [2.24, 2.45) is 5.92 Å². The van der Waals surface area contributed by atoms with E-state index in [9.17, 15) is 18.7 Å². The summed E-state index contributed by atoms with van der Waals surface area (Å²) in [6.07, 6.45) is 4.94. The highest BCUT2D eigenvalue weighted by Crippen LogP contribution is 2.49. The molecule has 0 unspecified atom stereocenters. The molecule has 0 bridgehead atoms. The molecule has 3 aliphatic rings. The van der Waals surface area contributed by atoms with Crippen LogP contribution in [0.2, 0.25) is 0 Å². The highest BCUT2D eigenvalue weighted by atomic mass is 19.1. The zero-order chi connectivity index (χ0) is 21.5. The predicted octanol–water partition coefficient (Wildman–Crippen LogP) is 4.34. The van der Waals surface area contributed by atoms with Crippen molar-refractivity contribution in [3.8, 4) is 0 Å². The molecule has 1 aliphatic carbocycles. The Hall–Kier alpha value is -2.51. The molecule has 2 fully saturated rings. The molecule has 1 saturated heterocycles. The molecule has 31 heavy (non-hydrogen) atoms. The van der Waals surface area contributed by atoms with Gasteiger partial charge in [0.05, 0.1) is 12.3 Å². The Labute approximate surface area is 180 Å². The summed E-state index contributed by atoms with van der Waals surface area (Å²) < 4.78 is 27.7. The summed E-state index contributed by atoms with van der Waals surface area (Å²) in [5, 5.41) is 12.6. The fraction of sp³-hybridized carbons (Fsp3) is 0.458. The molecule has 0 radical (unpaired) electrons. The minimum absolute atomic E-state index is 0.0534. The van der Waals surface area contributed by atoms with Gasteiger partial charge in [-0.1, -0.05) is 31.0 Å². The van der Waals surface area contributed by atoms with Crippen molar-refractivity contribution < 1.29 is 18.7 Å². The third kappa shape index (κ3) is 3.59. The standard InChI is InChI=1S/C24H27F2N3O2/c25-16-9-10-18(26)19(11-16)27-24(31)29-13-21-23(17-7-3-4-8-20(17)29)22(14-30)28(21)12-15-5-1-2-6-15/h3-4,7-11,15,21-23,30H,1-2,5-6,12-14H2,(H,27,31)/t21-,22-,23+/m1/s1. The van der Waals surface area contributed by atoms with E-state index in [-0.39, 0.29) is 30.3 Å². The summed E-state index contributed by atoms with van der Waals surface area (Å²) in [6.45, 7) is 1.47. The Kier molecular flexibility index (Phi) is 5.40. The molecule has 2 N–H and O–H groups in total. The number of amides is 2. The SMILES string of the molecule is O=C(Nc1cc(F)ccc1F)N1C[C@@H]2[C@H](c3ccccc31)[C@@H](CO)N2CC1CCCC1. The average Bonchev–Trinajstić information content (AvgIpc) is 3.28. The van der Waals surface area contributed by atoms with Gasteiger partial charge in [-0.25, -0.2) is 13.6 Å². The number of para-hydroxylation sites is 1. The Morgan fingerprint density at radius 2 is 1.90 bits per heavy atom. The number of likely N-dealkylation sites (tertiary alicyclic amines) is 1. The topological polar surface area (TPSA) is 55.8 Å². The van der Waals surface area contributed by atoms with Crippen molar-refractivity contribution in [1.82, 2.24) is 4.90 Å². The minimum Gasteiger partial charge on any atom is -0.395 e. The van der Waals surface area contributed by atoms with Gasteiger partial charge in [0.15, 0.2) is 0 Å². The molecule has 5 nitrogen and oxygen atoms in total. The van der Waals surface area contributed by atoms with E-state index in [0.29, 0.717) is 12.5 Å². The predicted molar refractivity (Wildman–Crippen MR) is 115 cm³/mol. The van der Waals surface area contributed by atoms with Crippen LogP contribution in [0.5, 0.6) is 0 Å². The van der Waals surface area contributed by atoms with E-state index in [1.165, 1.54) is 25.7 Å². The van der Waals surface area contributed by atoms with Crippen LogP contribution in [0, 0.1) is 17.6 Å². The van der Waals surface area contributed by atoms with Crippen LogP contribution in [0.4, 0.5) is 25.0 Å². The summed E-state index contributed by atoms with van der Waals surface area (Å²) >= 11 is 0. The van der Waals surface area contributed by atoms with E-state index in [2.05, 4.69) is 10.2 Å². The van der Waals surface area contributed by atoms with Gasteiger partial charge in [0.25, 0.3) is 0 Å². The molecular weight excluding hydrogens is 400 g/mol. The van der Waals surface area contributed by atoms with Crippen LogP contribution in [0.25, 0.3) is 0 Å². The number of nitrogens with one attached hydrogen (secondary N) is 1. The lowest BCUT2D eigenvalue weighted by atomic mass is 9.71. The van der Waals surface area contributed by atoms with E-state index in [0.717, 1.165) is 36.0 Å². The second-order valence-corrected chi connectivity index (χ2v) is 8.91. The molecule has 2 aromatic carbocycles. The second-order valence-electron chi connectivity index (χ2n) is 8.91. The van der Waals surface area contributed by atoms with Gasteiger partial charge in [-0.05, 0) is 42.5 Å². The molecule has 3 atom stereocenters. The molecule has 1 saturated carbocycles. The fourth-order valence-electron chi connectivity index (χ4n) is 5.70. The minimum atomic E-state index is -0.676. The highest BCUT2D eigenvalue weighted by molar-refractivity contribution is 6.03. The van der Waals surface area contributed by atoms with Crippen LogP contribution in [0.1, 0.15) is 37.2 Å². The quantitative estimate of drug-likeness (QED) is 0.764. The lowest BCUT2D eigenvalue weighted by Crippen LogP contribution is -2.70. The largest absolute Gasteiger partial charge is 0.395 e. The monoisotopic (exact) mass is 427 g/mol. The first-order valence-corrected chi connectivity index (χ1v) is 11.1. The van der Waals surface area contributed by atoms with Gasteiger partial charge in [0.1, 0.15) is 11.6 Å². The summed E-state index contributed by atoms with van der Waals surface area (Å²) in [7, 11) is 0. The van der Waals surface area contributed by atoms with Crippen molar-refractivity contribution >= 4 is 17.4 Å². The van der Waals surface area contributed by atoms with Crippen LogP contribution in [0.3, 0.4) is 0 Å². The summed E-state index contributed by atoms with van der Waals surface area (Å²) in [5.41, 5.74) is 1.61. The Bertz CT molecular complexity index is 979. The highest BCUT2D eigenvalue weighted by Gasteiger charge is 2.53. The first-order valence-electron chi connectivity index (χ1n) is 11.1. The number of carbonyl (C=O) groups is 1. The van der Waals surface area contributed by atoms with Crippen LogP contribution in [-0.2, 0) is 0 Å². The number of rotatable bonds is 4. The normalized spacial score (nSPS) is 25.6. The van der Waals surface area contributed by atoms with Crippen molar-refractivity contribution in [1.29, 1.82) is 0 Å². The zero-order valence-corrected chi connectivity index (χ0v) is 17.3. The van der Waals surface area contributed by atoms with Crippen LogP contribution in [0.15, 0.2) is 42.5 Å². The maximum atomic E-state index is 14.1. The Morgan fingerprint density at radius 3 is 2.68 bits per heavy atom. The second kappa shape index (κ2) is 8.20. The van der Waals surface area contributed by atoms with E-state index in [4.69, 9.17) is 0 Å². The van der Waals surface area contributed by atoms with Crippen LogP contribution >= 0.6 is 0 Å². The number of halogens is 2. The molecule has 2 heterocycles. The van der Waals surface area contributed by atoms with Gasteiger partial charge in [-0.2, -0.15) is 0 Å². The van der Waals surface area contributed by atoms with Gasteiger partial charge >= 0.3 is 6.03 Å². The molecule has 2 aromatic rings. The molecule has 164 valence electrons. The first-order chi connectivity index (χ1) is 15.1. The van der Waals surface area contributed by atoms with Gasteiger partial charge in [-0.15, -0.1) is 0 Å². The maximum Gasteiger partial charge on any atom is 0.326 e. The van der Waals surface area contributed by atoms with Crippen LogP contribution in [-0.4, -0.2) is 47.8 Å². The Balaban J connectivity index is 1.42. The number of benzene rings is 2. The number of fused-ring (bicyclic) bond motifs is 3. The fourth-order valence-corrected chi connectivity index (χ4v) is 5.70. The third-order valence-corrected chi connectivity index (χ3v) is 7.18. The number of aliphatic hydroxyl groups excluding tert-OH is 1. The average molecular weight is 427 g/mol. The van der Waals surface area contributed by atoms with Crippen molar-refractivity contribution in [3.63, 3.8) is 0 Å². The van der Waals surface area contributed by atoms with E-state index < -0.39 is 17.7 Å². The third-order valence-electron chi connectivity index (χ3n) is 7.18. The van der Waals surface area contributed by atoms with Crippen molar-refractivity contribution in [2.45, 2.75) is 43.7 Å². The van der Waals surface area contributed by atoms with Gasteiger partial charge in [0.2, 0.25) is 0 Å². The van der Waals surface area contributed by atoms with E-state index >= 15 is 0 Å². The summed E-state index contributed by atoms with van der Waals surface area (Å²) in [6, 6.07) is 10.4. The Morgan fingerprint density at radius 1 is 1.13 bits per heavy atom. The lowest BCUT2D eigenvalue weighted by molar-refractivity contribution is -0.0509. The molecule has 7 heteroatoms. The number of hydrogen-bond donors (Lipinski definition) is 2. The van der Waals surface area contributed by atoms with E-state index in [1.807, 2.05) is 24.3 Å². The molecule has 5 rings (SSSR count). The molecular formula is C24H27F2N3O2. The summed E-state index contributed by atoms with van der Waals surface area (Å²) in [4.78, 5) is 17.1. The smallest absolute Gasteiger partial charge is 0.326 e. The van der Waals surface area contributed by atoms with E-state index in [1.54, 1.807) is 4.90 Å². The molecule has 2 amide bonds. The van der Waals surface area contributed by atoms with Crippen LogP contribution < -0.4 is 10.2 Å². The van der Waals surface area contributed by atoms with Crippen molar-refractivity contribution in [2.75, 3.05) is 29.9 Å². The number of hydrogen-bond acceptors (Lipinski definition) is 3. The first kappa shape index (κ1) is 20.4. The number of urea groups is 1. The maximum absolute atomic E-state index is 14.1. The number of nitrogens with zero attached hydrogens (tertiary/aromatic N) is 2. The summed E-state index contributed by atoms with van der Waals surface area (Å²) in [5.74, 6) is -0.485. The molecule has 0 spiro atoms. The number of aliphatic hydroxyl groups is 1. The number of carbonyl (C=O) groups excluding carboxylic acids is 1.